The minimum atomic E-state index is -0.544. The van der Waals surface area contributed by atoms with Crippen LogP contribution in [0.2, 0.25) is 5.02 Å². The number of nitrogens with zero attached hydrogens (tertiary/aromatic N) is 3. The smallest absolute Gasteiger partial charge is 0.322 e. The molecule has 1 N–H and O–H groups in total. The van der Waals surface area contributed by atoms with Gasteiger partial charge in [-0.2, -0.15) is 4.98 Å². The first-order valence-electron chi connectivity index (χ1n) is 10.8. The molecule has 0 aliphatic carbocycles. The number of urea groups is 1. The highest BCUT2D eigenvalue weighted by Gasteiger charge is 2.37. The largest absolute Gasteiger partial charge is 0.376 e. The number of allylic oxidation sites excluding steroid dienone is 1. The molecule has 1 fully saturated rings. The van der Waals surface area contributed by atoms with E-state index in [-0.39, 0.29) is 23.9 Å². The molecule has 2 aliphatic rings. The number of halogens is 2. The molecule has 0 spiro atoms. The molecule has 5 rings (SSSR count). The van der Waals surface area contributed by atoms with E-state index >= 15 is 0 Å². The van der Waals surface area contributed by atoms with Crippen LogP contribution in [-0.4, -0.2) is 40.3 Å². The van der Waals surface area contributed by atoms with Crippen molar-refractivity contribution in [1.82, 2.24) is 20.4 Å². The molecular formula is C24H22ClFN4O3. The summed E-state index contributed by atoms with van der Waals surface area (Å²) in [5.74, 6) is 0.116. The SMILES string of the molecule is CC1=C(c2nc(-c3cccc(F)c3)no2)C(c2cccc(Cl)c2)NC(=O)N1CC1CCCO1. The van der Waals surface area contributed by atoms with Crippen LogP contribution in [0.15, 0.2) is 58.8 Å². The summed E-state index contributed by atoms with van der Waals surface area (Å²) in [4.78, 5) is 19.3. The molecule has 33 heavy (non-hydrogen) atoms. The van der Waals surface area contributed by atoms with E-state index in [4.69, 9.17) is 20.9 Å². The maximum absolute atomic E-state index is 13.7. The normalized spacial score (nSPS) is 20.9. The van der Waals surface area contributed by atoms with Gasteiger partial charge in [-0.25, -0.2) is 9.18 Å². The van der Waals surface area contributed by atoms with Crippen molar-refractivity contribution in [3.63, 3.8) is 0 Å². The molecule has 3 aromatic rings. The summed E-state index contributed by atoms with van der Waals surface area (Å²) in [5, 5.41) is 7.66. The summed E-state index contributed by atoms with van der Waals surface area (Å²) in [5.41, 5.74) is 2.63. The Hall–Kier alpha value is -3.23. The van der Waals surface area contributed by atoms with Gasteiger partial charge in [-0.3, -0.25) is 4.90 Å². The number of nitrogens with one attached hydrogen (secondary N) is 1. The first kappa shape index (κ1) is 21.6. The minimum absolute atomic E-state index is 0.0276. The Morgan fingerprint density at radius 3 is 2.85 bits per heavy atom. The maximum Gasteiger partial charge on any atom is 0.322 e. The third-order valence-electron chi connectivity index (χ3n) is 5.93. The lowest BCUT2D eigenvalue weighted by Crippen LogP contribution is -2.48. The van der Waals surface area contributed by atoms with E-state index in [0.29, 0.717) is 35.0 Å². The Balaban J connectivity index is 1.58. The molecule has 0 radical (unpaired) electrons. The zero-order valence-corrected chi connectivity index (χ0v) is 18.7. The van der Waals surface area contributed by atoms with Gasteiger partial charge in [0.2, 0.25) is 5.82 Å². The van der Waals surface area contributed by atoms with Crippen molar-refractivity contribution in [1.29, 1.82) is 0 Å². The average Bonchev–Trinajstić information content (AvgIpc) is 3.49. The summed E-state index contributed by atoms with van der Waals surface area (Å²) >= 11 is 6.23. The first-order chi connectivity index (χ1) is 16.0. The van der Waals surface area contributed by atoms with Crippen LogP contribution in [0.1, 0.15) is 37.3 Å². The van der Waals surface area contributed by atoms with E-state index < -0.39 is 11.9 Å². The van der Waals surface area contributed by atoms with Gasteiger partial charge in [-0.1, -0.05) is 41.0 Å². The van der Waals surface area contributed by atoms with Crippen molar-refractivity contribution in [2.24, 2.45) is 0 Å². The second-order valence-electron chi connectivity index (χ2n) is 8.12. The Labute approximate surface area is 195 Å². The van der Waals surface area contributed by atoms with Crippen LogP contribution >= 0.6 is 11.6 Å². The summed E-state index contributed by atoms with van der Waals surface area (Å²) in [6, 6.07) is 12.5. The van der Waals surface area contributed by atoms with Gasteiger partial charge in [-0.05, 0) is 49.6 Å². The van der Waals surface area contributed by atoms with Crippen molar-refractivity contribution in [3.8, 4) is 11.4 Å². The molecule has 2 aromatic carbocycles. The van der Waals surface area contributed by atoms with Gasteiger partial charge in [0, 0.05) is 22.9 Å². The highest BCUT2D eigenvalue weighted by Crippen LogP contribution is 2.38. The summed E-state index contributed by atoms with van der Waals surface area (Å²) in [7, 11) is 0. The number of hydrogen-bond donors (Lipinski definition) is 1. The lowest BCUT2D eigenvalue weighted by Gasteiger charge is -2.36. The maximum atomic E-state index is 13.7. The molecule has 3 heterocycles. The molecule has 7 nitrogen and oxygen atoms in total. The van der Waals surface area contributed by atoms with E-state index in [2.05, 4.69) is 15.5 Å². The number of hydrogen-bond acceptors (Lipinski definition) is 5. The van der Waals surface area contributed by atoms with Gasteiger partial charge >= 0.3 is 6.03 Å². The number of benzene rings is 2. The monoisotopic (exact) mass is 468 g/mol. The Kier molecular flexibility index (Phi) is 5.86. The quantitative estimate of drug-likeness (QED) is 0.556. The lowest BCUT2D eigenvalue weighted by atomic mass is 9.94. The average molecular weight is 469 g/mol. The van der Waals surface area contributed by atoms with Gasteiger partial charge in [0.25, 0.3) is 5.89 Å². The molecule has 0 saturated carbocycles. The number of carbonyl (C=O) groups excluding carboxylic acids is 1. The van der Waals surface area contributed by atoms with Gasteiger partial charge in [0.1, 0.15) is 5.82 Å². The first-order valence-corrected chi connectivity index (χ1v) is 11.1. The van der Waals surface area contributed by atoms with Crippen LogP contribution in [0.3, 0.4) is 0 Å². The van der Waals surface area contributed by atoms with Crippen molar-refractivity contribution in [3.05, 3.63) is 76.5 Å². The van der Waals surface area contributed by atoms with Crippen LogP contribution in [0.25, 0.3) is 17.0 Å². The molecule has 2 amide bonds. The molecule has 2 unspecified atom stereocenters. The highest BCUT2D eigenvalue weighted by atomic mass is 35.5. The second-order valence-corrected chi connectivity index (χ2v) is 8.55. The van der Waals surface area contributed by atoms with E-state index in [0.717, 1.165) is 18.4 Å². The number of aromatic nitrogens is 2. The number of amides is 2. The zero-order valence-electron chi connectivity index (χ0n) is 17.9. The third kappa shape index (κ3) is 4.36. The summed E-state index contributed by atoms with van der Waals surface area (Å²) < 4.78 is 25.1. The highest BCUT2D eigenvalue weighted by molar-refractivity contribution is 6.30. The van der Waals surface area contributed by atoms with Crippen LogP contribution in [-0.2, 0) is 4.74 Å². The molecule has 1 saturated heterocycles. The third-order valence-corrected chi connectivity index (χ3v) is 6.16. The second kappa shape index (κ2) is 8.96. The molecule has 9 heteroatoms. The predicted molar refractivity (Wildman–Crippen MR) is 121 cm³/mol. The molecule has 0 bridgehead atoms. The summed E-state index contributed by atoms with van der Waals surface area (Å²) in [6.45, 7) is 2.97. The van der Waals surface area contributed by atoms with E-state index in [1.54, 1.807) is 29.2 Å². The molecule has 1 aromatic heterocycles. The van der Waals surface area contributed by atoms with Crippen LogP contribution in [0.5, 0.6) is 0 Å². The number of carbonyl (C=O) groups is 1. The Morgan fingerprint density at radius 2 is 2.09 bits per heavy atom. The van der Waals surface area contributed by atoms with Gasteiger partial charge in [0.05, 0.1) is 24.3 Å². The Bertz CT molecular complexity index is 1220. The van der Waals surface area contributed by atoms with Crippen molar-refractivity contribution in [2.75, 3.05) is 13.2 Å². The van der Waals surface area contributed by atoms with E-state index in [1.807, 2.05) is 19.1 Å². The molecule has 2 aliphatic heterocycles. The van der Waals surface area contributed by atoms with Gasteiger partial charge in [0.15, 0.2) is 0 Å². The Morgan fingerprint density at radius 1 is 1.24 bits per heavy atom. The number of rotatable bonds is 5. The zero-order chi connectivity index (χ0) is 22.9. The summed E-state index contributed by atoms with van der Waals surface area (Å²) in [6.07, 6.45) is 1.84. The van der Waals surface area contributed by atoms with E-state index in [1.165, 1.54) is 12.1 Å². The van der Waals surface area contributed by atoms with Gasteiger partial charge < -0.3 is 14.6 Å². The number of ether oxygens (including phenoxy) is 1. The van der Waals surface area contributed by atoms with Crippen molar-refractivity contribution < 1.29 is 18.4 Å². The van der Waals surface area contributed by atoms with E-state index in [9.17, 15) is 9.18 Å². The van der Waals surface area contributed by atoms with Crippen molar-refractivity contribution >= 4 is 23.2 Å². The molecule has 2 atom stereocenters. The fourth-order valence-electron chi connectivity index (χ4n) is 4.28. The molecule has 170 valence electrons. The van der Waals surface area contributed by atoms with Crippen LogP contribution in [0.4, 0.5) is 9.18 Å². The van der Waals surface area contributed by atoms with Crippen LogP contribution in [0, 0.1) is 5.82 Å². The van der Waals surface area contributed by atoms with Crippen molar-refractivity contribution in [2.45, 2.75) is 31.9 Å². The fourth-order valence-corrected chi connectivity index (χ4v) is 4.48. The fraction of sp³-hybridized carbons (Fsp3) is 0.292. The standard InChI is InChI=1S/C24H22ClFN4O3/c1-14-20(23-28-22(29-33-23)16-6-3-8-18(26)12-16)21(15-5-2-7-17(25)11-15)27-24(31)30(14)13-19-9-4-10-32-19/h2-3,5-8,11-12,19,21H,4,9-10,13H2,1H3,(H,27,31). The lowest BCUT2D eigenvalue weighted by molar-refractivity contribution is 0.0877. The van der Waals surface area contributed by atoms with Crippen LogP contribution < -0.4 is 5.32 Å². The topological polar surface area (TPSA) is 80.5 Å². The van der Waals surface area contributed by atoms with Gasteiger partial charge in [-0.15, -0.1) is 0 Å². The predicted octanol–water partition coefficient (Wildman–Crippen LogP) is 5.21. The minimum Gasteiger partial charge on any atom is -0.376 e. The molecular weight excluding hydrogens is 447 g/mol.